The summed E-state index contributed by atoms with van der Waals surface area (Å²) >= 11 is 0. The topological polar surface area (TPSA) is 88.5 Å². The molecule has 0 amide bonds. The average molecular weight is 298 g/mol. The molecule has 12 heteroatoms. The minimum atomic E-state index is -6.33. The molecule has 1 N–H and O–H groups in total. The molecule has 0 aromatic carbocycles. The Hall–Kier alpha value is -2.01. The van der Waals surface area contributed by atoms with E-state index in [0.717, 1.165) is 0 Å². The fourth-order valence-corrected chi connectivity index (χ4v) is 0.716. The molecule has 0 heterocycles. The van der Waals surface area contributed by atoms with Crippen LogP contribution in [0.1, 0.15) is 0 Å². The van der Waals surface area contributed by atoms with Crippen LogP contribution in [0, 0.1) is 0 Å². The number of alkyl halides is 7. The first-order valence-electron chi connectivity index (χ1n) is 3.86. The molecule has 0 atom stereocenters. The number of rotatable bonds is 5. The van der Waals surface area contributed by atoms with Gasteiger partial charge in [0.25, 0.3) is 5.78 Å². The third-order valence-corrected chi connectivity index (χ3v) is 1.59. The van der Waals surface area contributed by atoms with Crippen molar-refractivity contribution >= 4 is 23.3 Å². The first-order valence-corrected chi connectivity index (χ1v) is 3.86. The van der Waals surface area contributed by atoms with Crippen LogP contribution in [0.25, 0.3) is 0 Å². The number of ketones is 3. The fourth-order valence-electron chi connectivity index (χ4n) is 0.716. The number of halogens is 7. The van der Waals surface area contributed by atoms with Gasteiger partial charge in [-0.15, -0.1) is 0 Å². The lowest BCUT2D eigenvalue weighted by Crippen LogP contribution is -2.56. The smallest absolute Gasteiger partial charge is 0.456 e. The van der Waals surface area contributed by atoms with E-state index < -0.39 is 41.3 Å². The van der Waals surface area contributed by atoms with Gasteiger partial charge in [0.15, 0.2) is 0 Å². The Bertz CT molecular complexity index is 449. The van der Waals surface area contributed by atoms with Crippen molar-refractivity contribution in [2.24, 2.45) is 0 Å². The number of aliphatic carboxylic acids is 1. The maximum absolute atomic E-state index is 12.6. The summed E-state index contributed by atoms with van der Waals surface area (Å²) in [5.74, 6) is -26.9. The first kappa shape index (κ1) is 17.0. The predicted molar refractivity (Wildman–Crippen MR) is 38.6 cm³/mol. The second-order valence-electron chi connectivity index (χ2n) is 2.94. The summed E-state index contributed by atoms with van der Waals surface area (Å²) in [5.41, 5.74) is 0. The molecule has 0 aliphatic carbocycles. The molecule has 0 unspecified atom stereocenters. The third-order valence-electron chi connectivity index (χ3n) is 1.59. The summed E-state index contributed by atoms with van der Waals surface area (Å²) in [5, 5.41) is 7.80. The van der Waals surface area contributed by atoms with Crippen LogP contribution in [0.3, 0.4) is 0 Å². The third kappa shape index (κ3) is 3.06. The van der Waals surface area contributed by atoms with Gasteiger partial charge in [0, 0.05) is 0 Å². The zero-order chi connectivity index (χ0) is 15.8. The summed E-state index contributed by atoms with van der Waals surface area (Å²) in [7, 11) is 0. The van der Waals surface area contributed by atoms with Crippen LogP contribution < -0.4 is 0 Å². The zero-order valence-corrected chi connectivity index (χ0v) is 8.23. The summed E-state index contributed by atoms with van der Waals surface area (Å²) in [4.78, 5) is 40.5. The molecule has 0 saturated carbocycles. The van der Waals surface area contributed by atoms with Crippen LogP contribution in [0.15, 0.2) is 0 Å². The fraction of sp³-hybridized carbons (Fsp3) is 0.429. The quantitative estimate of drug-likeness (QED) is 0.456. The van der Waals surface area contributed by atoms with E-state index in [9.17, 15) is 49.9 Å². The molecular weight excluding hydrogens is 297 g/mol. The van der Waals surface area contributed by atoms with Crippen molar-refractivity contribution in [3.63, 3.8) is 0 Å². The Balaban J connectivity index is 5.60. The Morgan fingerprint density at radius 1 is 0.684 bits per heavy atom. The molecule has 0 aromatic heterocycles. The van der Waals surface area contributed by atoms with Gasteiger partial charge in [-0.2, -0.15) is 30.7 Å². The molecule has 0 rings (SSSR count). The summed E-state index contributed by atoms with van der Waals surface area (Å²) in [6.45, 7) is 0. The highest BCUT2D eigenvalue weighted by Crippen LogP contribution is 2.33. The van der Waals surface area contributed by atoms with Gasteiger partial charge >= 0.3 is 35.6 Å². The molecular formula is C7HF7O5. The van der Waals surface area contributed by atoms with Gasteiger partial charge in [0.05, 0.1) is 0 Å². The van der Waals surface area contributed by atoms with Crippen molar-refractivity contribution in [3.05, 3.63) is 0 Å². The van der Waals surface area contributed by atoms with Gasteiger partial charge in [-0.25, -0.2) is 4.79 Å². The van der Waals surface area contributed by atoms with Crippen LogP contribution in [-0.2, 0) is 19.2 Å². The van der Waals surface area contributed by atoms with Crippen LogP contribution in [-0.4, -0.2) is 46.4 Å². The molecule has 0 radical (unpaired) electrons. The molecule has 0 fully saturated rings. The van der Waals surface area contributed by atoms with Crippen LogP contribution in [0.5, 0.6) is 0 Å². The van der Waals surface area contributed by atoms with E-state index in [-0.39, 0.29) is 0 Å². The molecule has 0 spiro atoms. The van der Waals surface area contributed by atoms with Crippen molar-refractivity contribution in [3.8, 4) is 0 Å². The number of hydrogen-bond donors (Lipinski definition) is 1. The number of carbonyl (C=O) groups is 4. The van der Waals surface area contributed by atoms with Crippen LogP contribution >= 0.6 is 0 Å². The highest BCUT2D eigenvalue weighted by molar-refractivity contribution is 6.42. The number of hydrogen-bond acceptors (Lipinski definition) is 4. The summed E-state index contributed by atoms with van der Waals surface area (Å²) in [6, 6.07) is 0. The Morgan fingerprint density at radius 2 is 1.05 bits per heavy atom. The largest absolute Gasteiger partial charge is 0.475 e. The zero-order valence-electron chi connectivity index (χ0n) is 8.23. The van der Waals surface area contributed by atoms with E-state index in [4.69, 9.17) is 5.11 Å². The Kier molecular flexibility index (Phi) is 4.10. The van der Waals surface area contributed by atoms with Gasteiger partial charge < -0.3 is 5.11 Å². The van der Waals surface area contributed by atoms with Gasteiger partial charge in [0.1, 0.15) is 0 Å². The van der Waals surface area contributed by atoms with Gasteiger partial charge in [-0.3, -0.25) is 14.4 Å². The summed E-state index contributed by atoms with van der Waals surface area (Å²) in [6.07, 6.45) is -6.33. The summed E-state index contributed by atoms with van der Waals surface area (Å²) < 4.78 is 85.3. The Labute approximate surface area is 97.5 Å². The van der Waals surface area contributed by atoms with Crippen molar-refractivity contribution < 1.29 is 55.0 Å². The maximum Gasteiger partial charge on any atom is 0.456 e. The molecule has 0 aliphatic rings. The highest BCUT2D eigenvalue weighted by Gasteiger charge is 2.68. The number of carboxylic acids is 1. The van der Waals surface area contributed by atoms with Crippen molar-refractivity contribution in [1.82, 2.24) is 0 Å². The van der Waals surface area contributed by atoms with E-state index in [0.29, 0.717) is 0 Å². The first-order chi connectivity index (χ1) is 8.16. The highest BCUT2D eigenvalue weighted by atomic mass is 19.4. The van der Waals surface area contributed by atoms with Crippen LogP contribution in [0.4, 0.5) is 30.7 Å². The lowest BCUT2D eigenvalue weighted by Gasteiger charge is -2.19. The van der Waals surface area contributed by atoms with Crippen molar-refractivity contribution in [2.45, 2.75) is 18.0 Å². The van der Waals surface area contributed by atoms with E-state index in [1.165, 1.54) is 0 Å². The minimum Gasteiger partial charge on any atom is -0.475 e. The lowest BCUT2D eigenvalue weighted by molar-refractivity contribution is -0.204. The molecule has 19 heavy (non-hydrogen) atoms. The maximum atomic E-state index is 12.6. The minimum absolute atomic E-state index is 3.03. The predicted octanol–water partition coefficient (Wildman–Crippen LogP) is 0.611. The van der Waals surface area contributed by atoms with Crippen molar-refractivity contribution in [2.75, 3.05) is 0 Å². The lowest BCUT2D eigenvalue weighted by atomic mass is 10.0. The molecule has 108 valence electrons. The van der Waals surface area contributed by atoms with Crippen LogP contribution in [0.2, 0.25) is 0 Å². The standard InChI is InChI=1S/C7HF7O5/c8-5(9,1(15)2(16)17)3(18)6(10,11)4(19)7(12,13)14/h(H,16,17). The molecule has 5 nitrogen and oxygen atoms in total. The second kappa shape index (κ2) is 4.59. The van der Waals surface area contributed by atoms with E-state index in [2.05, 4.69) is 0 Å². The number of carbonyl (C=O) groups excluding carboxylic acids is 3. The Morgan fingerprint density at radius 3 is 1.32 bits per heavy atom. The van der Waals surface area contributed by atoms with Crippen molar-refractivity contribution in [1.29, 1.82) is 0 Å². The SMILES string of the molecule is O=C(O)C(=O)C(F)(F)C(=O)C(F)(F)C(=O)C(F)(F)F. The van der Waals surface area contributed by atoms with Gasteiger partial charge in [-0.05, 0) is 0 Å². The van der Waals surface area contributed by atoms with E-state index >= 15 is 0 Å². The monoisotopic (exact) mass is 298 g/mol. The molecule has 0 saturated heterocycles. The molecule has 0 aromatic rings. The van der Waals surface area contributed by atoms with Gasteiger partial charge in [0.2, 0.25) is 0 Å². The van der Waals surface area contributed by atoms with E-state index in [1.54, 1.807) is 0 Å². The number of carboxylic acid groups (broad SMARTS) is 1. The normalized spacial score (nSPS) is 13.0. The average Bonchev–Trinajstić information content (AvgIpc) is 2.24. The number of Topliss-reactive ketones (excluding diaryl/α,β-unsaturated/α-hetero) is 3. The second-order valence-corrected chi connectivity index (χ2v) is 2.94. The molecule has 0 bridgehead atoms. The molecule has 0 aliphatic heterocycles. The van der Waals surface area contributed by atoms with E-state index in [1.807, 2.05) is 0 Å². The van der Waals surface area contributed by atoms with Gasteiger partial charge in [-0.1, -0.05) is 0 Å².